The number of hydrogen-bond donors (Lipinski definition) is 1. The summed E-state index contributed by atoms with van der Waals surface area (Å²) in [6.07, 6.45) is 0. The van der Waals surface area contributed by atoms with Gasteiger partial charge in [-0.05, 0) is 18.2 Å². The fourth-order valence-electron chi connectivity index (χ4n) is 2.85. The van der Waals surface area contributed by atoms with E-state index in [-0.39, 0.29) is 12.4 Å². The van der Waals surface area contributed by atoms with Gasteiger partial charge in [0.05, 0.1) is 12.3 Å². The molecule has 0 bridgehead atoms. The fourth-order valence-corrected chi connectivity index (χ4v) is 2.85. The topological polar surface area (TPSA) is 26.7 Å². The molecule has 0 aromatic heterocycles. The predicted octanol–water partition coefficient (Wildman–Crippen LogP) is 2.64. The molecule has 0 amide bonds. The Morgan fingerprint density at radius 3 is 1.95 bits per heavy atom. The molecular weight excluding hydrogens is 267 g/mol. The molecule has 21 heavy (non-hydrogen) atoms. The smallest absolute Gasteiger partial charge is 0.146 e. The van der Waals surface area contributed by atoms with Crippen molar-refractivity contribution in [3.8, 4) is 0 Å². The van der Waals surface area contributed by atoms with Crippen LogP contribution in [0.15, 0.2) is 48.5 Å². The van der Waals surface area contributed by atoms with Crippen LogP contribution in [0.5, 0.6) is 0 Å². The third kappa shape index (κ3) is 2.85. The number of aliphatic hydroxyl groups is 1. The van der Waals surface area contributed by atoms with Crippen LogP contribution in [0.25, 0.3) is 0 Å². The molecule has 2 aromatic rings. The summed E-state index contributed by atoms with van der Waals surface area (Å²) in [5.74, 6) is -0.165. The summed E-state index contributed by atoms with van der Waals surface area (Å²) in [6, 6.07) is 14.8. The van der Waals surface area contributed by atoms with E-state index in [4.69, 9.17) is 0 Å². The van der Waals surface area contributed by atoms with Crippen molar-refractivity contribution in [2.45, 2.75) is 6.61 Å². The molecule has 0 saturated carbocycles. The number of aliphatic hydroxyl groups excluding tert-OH is 1. The number of piperazine rings is 1. The average molecular weight is 286 g/mol. The Morgan fingerprint density at radius 1 is 0.810 bits per heavy atom. The maximum atomic E-state index is 13.8. The Kier molecular flexibility index (Phi) is 4.06. The second-order valence-corrected chi connectivity index (χ2v) is 5.21. The molecule has 3 nitrogen and oxygen atoms in total. The molecular formula is C17H19FN2O. The van der Waals surface area contributed by atoms with Crippen LogP contribution in [0.3, 0.4) is 0 Å². The second-order valence-electron chi connectivity index (χ2n) is 5.21. The van der Waals surface area contributed by atoms with E-state index in [1.54, 1.807) is 6.07 Å². The summed E-state index contributed by atoms with van der Waals surface area (Å²) in [7, 11) is 0. The van der Waals surface area contributed by atoms with Gasteiger partial charge in [0.2, 0.25) is 0 Å². The van der Waals surface area contributed by atoms with Gasteiger partial charge in [-0.2, -0.15) is 0 Å². The zero-order valence-electron chi connectivity index (χ0n) is 11.9. The van der Waals surface area contributed by atoms with E-state index in [1.165, 1.54) is 6.07 Å². The first-order chi connectivity index (χ1) is 10.3. The van der Waals surface area contributed by atoms with Crippen molar-refractivity contribution < 1.29 is 9.50 Å². The van der Waals surface area contributed by atoms with Gasteiger partial charge in [-0.15, -0.1) is 0 Å². The van der Waals surface area contributed by atoms with Gasteiger partial charge in [-0.25, -0.2) is 4.39 Å². The van der Waals surface area contributed by atoms with Crippen LogP contribution in [0.1, 0.15) is 5.56 Å². The fraction of sp³-hybridized carbons (Fsp3) is 0.294. The molecule has 0 unspecified atom stereocenters. The molecule has 2 aromatic carbocycles. The summed E-state index contributed by atoms with van der Waals surface area (Å²) < 4.78 is 13.8. The van der Waals surface area contributed by atoms with Crippen molar-refractivity contribution >= 4 is 11.4 Å². The molecule has 110 valence electrons. The minimum atomic E-state index is -0.165. The Hall–Kier alpha value is -2.07. The molecule has 3 rings (SSSR count). The lowest BCUT2D eigenvalue weighted by atomic mass is 10.1. The van der Waals surface area contributed by atoms with Crippen molar-refractivity contribution in [3.63, 3.8) is 0 Å². The number of benzene rings is 2. The number of halogens is 1. The summed E-state index contributed by atoms with van der Waals surface area (Å²) in [6.45, 7) is 3.25. The first-order valence-corrected chi connectivity index (χ1v) is 7.23. The SMILES string of the molecule is OCc1ccccc1N1CCN(c2ccccc2F)CC1. The van der Waals surface area contributed by atoms with E-state index >= 15 is 0 Å². The van der Waals surface area contributed by atoms with Crippen molar-refractivity contribution in [2.24, 2.45) is 0 Å². The Morgan fingerprint density at radius 2 is 1.33 bits per heavy atom. The van der Waals surface area contributed by atoms with E-state index in [2.05, 4.69) is 9.80 Å². The Balaban J connectivity index is 1.72. The minimum absolute atomic E-state index is 0.0453. The van der Waals surface area contributed by atoms with E-state index in [0.717, 1.165) is 37.4 Å². The monoisotopic (exact) mass is 286 g/mol. The van der Waals surface area contributed by atoms with Gasteiger partial charge in [0.1, 0.15) is 5.82 Å². The van der Waals surface area contributed by atoms with Crippen LogP contribution in [0.4, 0.5) is 15.8 Å². The third-order valence-electron chi connectivity index (χ3n) is 3.98. The Labute approximate surface area is 124 Å². The Bertz CT molecular complexity index is 609. The molecule has 1 aliphatic heterocycles. The lowest BCUT2D eigenvalue weighted by Gasteiger charge is -2.38. The first kappa shape index (κ1) is 13.9. The summed E-state index contributed by atoms with van der Waals surface area (Å²) in [5.41, 5.74) is 2.69. The van der Waals surface area contributed by atoms with E-state index in [0.29, 0.717) is 5.69 Å². The van der Waals surface area contributed by atoms with Crippen molar-refractivity contribution in [3.05, 3.63) is 59.9 Å². The highest BCUT2D eigenvalue weighted by Gasteiger charge is 2.20. The predicted molar refractivity (Wildman–Crippen MR) is 83.2 cm³/mol. The van der Waals surface area contributed by atoms with Crippen molar-refractivity contribution in [2.75, 3.05) is 36.0 Å². The highest BCUT2D eigenvalue weighted by molar-refractivity contribution is 5.56. The zero-order chi connectivity index (χ0) is 14.7. The van der Waals surface area contributed by atoms with Gasteiger partial charge in [-0.3, -0.25) is 0 Å². The average Bonchev–Trinajstić information content (AvgIpc) is 2.55. The lowest BCUT2D eigenvalue weighted by Crippen LogP contribution is -2.47. The van der Waals surface area contributed by atoms with E-state index < -0.39 is 0 Å². The number of hydrogen-bond acceptors (Lipinski definition) is 3. The summed E-state index contributed by atoms with van der Waals surface area (Å²) >= 11 is 0. The second kappa shape index (κ2) is 6.14. The van der Waals surface area contributed by atoms with E-state index in [9.17, 15) is 9.50 Å². The molecule has 0 radical (unpaired) electrons. The number of nitrogens with zero attached hydrogens (tertiary/aromatic N) is 2. The molecule has 1 heterocycles. The van der Waals surface area contributed by atoms with Crippen LogP contribution in [-0.4, -0.2) is 31.3 Å². The maximum absolute atomic E-state index is 13.8. The molecule has 1 N–H and O–H groups in total. The molecule has 1 fully saturated rings. The van der Waals surface area contributed by atoms with Crippen molar-refractivity contribution in [1.29, 1.82) is 0 Å². The van der Waals surface area contributed by atoms with Gasteiger partial charge in [0, 0.05) is 37.4 Å². The number of rotatable bonds is 3. The largest absolute Gasteiger partial charge is 0.392 e. The van der Waals surface area contributed by atoms with Crippen LogP contribution in [0, 0.1) is 5.82 Å². The maximum Gasteiger partial charge on any atom is 0.146 e. The normalized spacial score (nSPS) is 15.3. The van der Waals surface area contributed by atoms with Gasteiger partial charge in [0.25, 0.3) is 0 Å². The zero-order valence-corrected chi connectivity index (χ0v) is 11.9. The van der Waals surface area contributed by atoms with Crippen LogP contribution in [0.2, 0.25) is 0 Å². The molecule has 1 saturated heterocycles. The lowest BCUT2D eigenvalue weighted by molar-refractivity contribution is 0.282. The van der Waals surface area contributed by atoms with E-state index in [1.807, 2.05) is 36.4 Å². The number of anilines is 2. The molecule has 0 spiro atoms. The quantitative estimate of drug-likeness (QED) is 0.939. The highest BCUT2D eigenvalue weighted by Crippen LogP contribution is 2.25. The molecule has 4 heteroatoms. The molecule has 1 aliphatic rings. The van der Waals surface area contributed by atoms with Gasteiger partial charge in [0.15, 0.2) is 0 Å². The van der Waals surface area contributed by atoms with Gasteiger partial charge < -0.3 is 14.9 Å². The minimum Gasteiger partial charge on any atom is -0.392 e. The summed E-state index contributed by atoms with van der Waals surface area (Å²) in [4.78, 5) is 4.33. The highest BCUT2D eigenvalue weighted by atomic mass is 19.1. The standard InChI is InChI=1S/C17H19FN2O/c18-15-6-2-4-8-17(15)20-11-9-19(10-12-20)16-7-3-1-5-14(16)13-21/h1-8,21H,9-13H2. The first-order valence-electron chi connectivity index (χ1n) is 7.23. The van der Waals surface area contributed by atoms with Crippen LogP contribution < -0.4 is 9.80 Å². The van der Waals surface area contributed by atoms with Gasteiger partial charge in [-0.1, -0.05) is 30.3 Å². The summed E-state index contributed by atoms with van der Waals surface area (Å²) in [5, 5.41) is 9.43. The number of para-hydroxylation sites is 2. The third-order valence-corrected chi connectivity index (χ3v) is 3.98. The van der Waals surface area contributed by atoms with Gasteiger partial charge >= 0.3 is 0 Å². The molecule has 0 aliphatic carbocycles. The molecule has 0 atom stereocenters. The van der Waals surface area contributed by atoms with Crippen molar-refractivity contribution in [1.82, 2.24) is 0 Å². The van der Waals surface area contributed by atoms with Crippen LogP contribution in [-0.2, 0) is 6.61 Å². The van der Waals surface area contributed by atoms with Crippen LogP contribution >= 0.6 is 0 Å².